The number of ether oxygens (including phenoxy) is 1. The summed E-state index contributed by atoms with van der Waals surface area (Å²) in [5.41, 5.74) is -0.395. The molecular formula is C12H19NO2. The second-order valence-electron chi connectivity index (χ2n) is 5.34. The van der Waals surface area contributed by atoms with Crippen LogP contribution in [0.5, 0.6) is 0 Å². The molecule has 0 spiro atoms. The van der Waals surface area contributed by atoms with Crippen LogP contribution in [-0.4, -0.2) is 28.7 Å². The molecule has 0 radical (unpaired) electrons. The third-order valence-corrected chi connectivity index (χ3v) is 2.87. The number of fused-ring (bicyclic) bond motifs is 2. The number of carbonyl (C=O) groups excluding carboxylic acids is 1. The maximum absolute atomic E-state index is 11.9. The minimum atomic E-state index is -0.395. The van der Waals surface area contributed by atoms with Crippen molar-refractivity contribution < 1.29 is 9.53 Å². The molecule has 0 aromatic carbocycles. The minimum absolute atomic E-state index is 0.165. The predicted molar refractivity (Wildman–Crippen MR) is 58.6 cm³/mol. The summed E-state index contributed by atoms with van der Waals surface area (Å²) in [6.07, 6.45) is 7.48. The van der Waals surface area contributed by atoms with E-state index in [-0.39, 0.29) is 18.2 Å². The molecule has 2 rings (SSSR count). The van der Waals surface area contributed by atoms with Crippen molar-refractivity contribution in [2.75, 3.05) is 0 Å². The molecule has 0 aliphatic carbocycles. The predicted octanol–water partition coefficient (Wildman–Crippen LogP) is 2.71. The Morgan fingerprint density at radius 1 is 1.27 bits per heavy atom. The first kappa shape index (κ1) is 10.5. The molecule has 2 heterocycles. The van der Waals surface area contributed by atoms with E-state index in [9.17, 15) is 4.79 Å². The fraction of sp³-hybridized carbons (Fsp3) is 0.750. The zero-order valence-corrected chi connectivity index (χ0v) is 9.69. The standard InChI is InChI=1S/C12H19NO2/c1-12(2,3)15-11(14)13-9-5-4-6-10(13)8-7-9/h7-10H,4-6H2,1-3H3. The Balaban J connectivity index is 2.03. The molecule has 3 heteroatoms. The highest BCUT2D eigenvalue weighted by Gasteiger charge is 2.37. The Morgan fingerprint density at radius 2 is 1.80 bits per heavy atom. The van der Waals surface area contributed by atoms with Crippen LogP contribution in [0.25, 0.3) is 0 Å². The number of piperidine rings is 1. The van der Waals surface area contributed by atoms with Crippen LogP contribution in [-0.2, 0) is 4.74 Å². The van der Waals surface area contributed by atoms with Crippen LogP contribution in [0.2, 0.25) is 0 Å². The number of rotatable bonds is 0. The van der Waals surface area contributed by atoms with Crippen LogP contribution in [0.3, 0.4) is 0 Å². The maximum atomic E-state index is 11.9. The molecule has 0 saturated carbocycles. The lowest BCUT2D eigenvalue weighted by molar-refractivity contribution is 0.0106. The van der Waals surface area contributed by atoms with Gasteiger partial charge in [0.2, 0.25) is 0 Å². The highest BCUT2D eigenvalue weighted by Crippen LogP contribution is 2.31. The molecule has 0 N–H and O–H groups in total. The smallest absolute Gasteiger partial charge is 0.411 e. The van der Waals surface area contributed by atoms with Gasteiger partial charge in [-0.3, -0.25) is 4.90 Å². The molecule has 15 heavy (non-hydrogen) atoms. The van der Waals surface area contributed by atoms with E-state index < -0.39 is 5.60 Å². The molecule has 0 aromatic rings. The zero-order valence-electron chi connectivity index (χ0n) is 9.69. The van der Waals surface area contributed by atoms with Crippen LogP contribution >= 0.6 is 0 Å². The number of hydrogen-bond acceptors (Lipinski definition) is 2. The van der Waals surface area contributed by atoms with Crippen molar-refractivity contribution in [1.29, 1.82) is 0 Å². The molecule has 2 aliphatic rings. The molecule has 2 unspecified atom stereocenters. The average molecular weight is 209 g/mol. The topological polar surface area (TPSA) is 29.5 Å². The highest BCUT2D eigenvalue weighted by molar-refractivity contribution is 5.70. The SMILES string of the molecule is CC(C)(C)OC(=O)N1C2C=CC1CCC2. The summed E-state index contributed by atoms with van der Waals surface area (Å²) < 4.78 is 5.40. The first-order valence-corrected chi connectivity index (χ1v) is 5.67. The van der Waals surface area contributed by atoms with Gasteiger partial charge >= 0.3 is 6.09 Å². The van der Waals surface area contributed by atoms with Gasteiger partial charge in [0.05, 0.1) is 12.1 Å². The second kappa shape index (κ2) is 3.54. The lowest BCUT2D eigenvalue weighted by atomic mass is 10.0. The molecule has 1 fully saturated rings. The fourth-order valence-electron chi connectivity index (χ4n) is 2.28. The molecular weight excluding hydrogens is 190 g/mol. The van der Waals surface area contributed by atoms with Gasteiger partial charge in [-0.15, -0.1) is 0 Å². The van der Waals surface area contributed by atoms with Crippen LogP contribution in [0.1, 0.15) is 40.0 Å². The van der Waals surface area contributed by atoms with Crippen molar-refractivity contribution in [2.24, 2.45) is 0 Å². The van der Waals surface area contributed by atoms with Gasteiger partial charge in [0.25, 0.3) is 0 Å². The first-order valence-electron chi connectivity index (χ1n) is 5.67. The second-order valence-corrected chi connectivity index (χ2v) is 5.34. The van der Waals surface area contributed by atoms with Gasteiger partial charge in [0, 0.05) is 0 Å². The maximum Gasteiger partial charge on any atom is 0.411 e. The summed E-state index contributed by atoms with van der Waals surface area (Å²) in [4.78, 5) is 13.8. The summed E-state index contributed by atoms with van der Waals surface area (Å²) in [5.74, 6) is 0. The van der Waals surface area contributed by atoms with E-state index in [0.717, 1.165) is 12.8 Å². The first-order chi connectivity index (χ1) is 6.97. The number of nitrogens with zero attached hydrogens (tertiary/aromatic N) is 1. The van der Waals surface area contributed by atoms with Crippen LogP contribution in [0.15, 0.2) is 12.2 Å². The summed E-state index contributed by atoms with van der Waals surface area (Å²) in [7, 11) is 0. The Hall–Kier alpha value is -0.990. The normalized spacial score (nSPS) is 29.4. The van der Waals surface area contributed by atoms with Gasteiger partial charge in [-0.05, 0) is 40.0 Å². The van der Waals surface area contributed by atoms with Gasteiger partial charge in [-0.25, -0.2) is 4.79 Å². The van der Waals surface area contributed by atoms with Crippen molar-refractivity contribution in [3.05, 3.63) is 12.2 Å². The summed E-state index contributed by atoms with van der Waals surface area (Å²) in [6.45, 7) is 5.72. The minimum Gasteiger partial charge on any atom is -0.444 e. The van der Waals surface area contributed by atoms with E-state index in [1.54, 1.807) is 0 Å². The quantitative estimate of drug-likeness (QED) is 0.574. The van der Waals surface area contributed by atoms with Crippen LogP contribution in [0, 0.1) is 0 Å². The molecule has 0 aromatic heterocycles. The molecule has 1 saturated heterocycles. The molecule has 3 nitrogen and oxygen atoms in total. The van der Waals surface area contributed by atoms with Gasteiger partial charge in [0.15, 0.2) is 0 Å². The largest absolute Gasteiger partial charge is 0.444 e. The number of hydrogen-bond donors (Lipinski definition) is 0. The van der Waals surface area contributed by atoms with E-state index in [1.165, 1.54) is 6.42 Å². The van der Waals surface area contributed by atoms with E-state index in [1.807, 2.05) is 25.7 Å². The highest BCUT2D eigenvalue weighted by atomic mass is 16.6. The van der Waals surface area contributed by atoms with Gasteiger partial charge in [-0.1, -0.05) is 12.2 Å². The fourth-order valence-corrected chi connectivity index (χ4v) is 2.28. The average Bonchev–Trinajstić information content (AvgIpc) is 2.34. The molecule has 84 valence electrons. The van der Waals surface area contributed by atoms with Gasteiger partial charge in [-0.2, -0.15) is 0 Å². The zero-order chi connectivity index (χ0) is 11.1. The molecule has 2 bridgehead atoms. The number of amides is 1. The Bertz CT molecular complexity index is 276. The third-order valence-electron chi connectivity index (χ3n) is 2.87. The van der Waals surface area contributed by atoms with Crippen LogP contribution < -0.4 is 0 Å². The summed E-state index contributed by atoms with van der Waals surface area (Å²) in [6, 6.07) is 0.553. The Labute approximate surface area is 91.1 Å². The van der Waals surface area contributed by atoms with Crippen molar-refractivity contribution in [1.82, 2.24) is 4.90 Å². The monoisotopic (exact) mass is 209 g/mol. The lowest BCUT2D eigenvalue weighted by Gasteiger charge is -2.36. The van der Waals surface area contributed by atoms with E-state index in [4.69, 9.17) is 4.74 Å². The number of carbonyl (C=O) groups is 1. The molecule has 2 atom stereocenters. The Kier molecular flexibility index (Phi) is 2.49. The van der Waals surface area contributed by atoms with Crippen molar-refractivity contribution in [2.45, 2.75) is 57.7 Å². The van der Waals surface area contributed by atoms with Crippen molar-refractivity contribution in [3.63, 3.8) is 0 Å². The van der Waals surface area contributed by atoms with E-state index in [0.29, 0.717) is 0 Å². The van der Waals surface area contributed by atoms with Gasteiger partial charge in [0.1, 0.15) is 5.60 Å². The van der Waals surface area contributed by atoms with Crippen molar-refractivity contribution in [3.8, 4) is 0 Å². The third kappa shape index (κ3) is 2.16. The van der Waals surface area contributed by atoms with Crippen molar-refractivity contribution >= 4 is 6.09 Å². The summed E-state index contributed by atoms with van der Waals surface area (Å²) >= 11 is 0. The van der Waals surface area contributed by atoms with Crippen LogP contribution in [0.4, 0.5) is 4.79 Å². The molecule has 1 amide bonds. The Morgan fingerprint density at radius 3 is 2.27 bits per heavy atom. The molecule has 2 aliphatic heterocycles. The van der Waals surface area contributed by atoms with Gasteiger partial charge < -0.3 is 4.74 Å². The summed E-state index contributed by atoms with van der Waals surface area (Å²) in [5, 5.41) is 0. The van der Waals surface area contributed by atoms with E-state index in [2.05, 4.69) is 12.2 Å². The van der Waals surface area contributed by atoms with E-state index >= 15 is 0 Å². The lowest BCUT2D eigenvalue weighted by Crippen LogP contribution is -2.47.